The van der Waals surface area contributed by atoms with Crippen molar-refractivity contribution in [3.8, 4) is 0 Å². The number of nitrogens with zero attached hydrogens (tertiary/aromatic N) is 2. The Morgan fingerprint density at radius 2 is 2.00 bits per heavy atom. The van der Waals surface area contributed by atoms with E-state index in [1.807, 2.05) is 44.2 Å². The molecular formula is C14H20N4O2S. The lowest BCUT2D eigenvalue weighted by molar-refractivity contribution is 0.323. The molecule has 21 heavy (non-hydrogen) atoms. The first-order valence-corrected chi connectivity index (χ1v) is 8.25. The second kappa shape index (κ2) is 6.28. The fourth-order valence-corrected chi connectivity index (χ4v) is 3.77. The predicted molar refractivity (Wildman–Crippen MR) is 81.9 cm³/mol. The SMILES string of the molecule is CCC(C)N(Cc1ccccc1)S(=O)(=O)c1cn[nH]c1N. The molecule has 0 aliphatic heterocycles. The van der Waals surface area contributed by atoms with Crippen molar-refractivity contribution in [1.29, 1.82) is 0 Å². The Balaban J connectivity index is 2.39. The van der Waals surface area contributed by atoms with E-state index in [0.717, 1.165) is 5.56 Å². The number of hydrogen-bond acceptors (Lipinski definition) is 4. The molecular weight excluding hydrogens is 288 g/mol. The second-order valence-corrected chi connectivity index (χ2v) is 6.80. The van der Waals surface area contributed by atoms with Gasteiger partial charge in [0.25, 0.3) is 0 Å². The Morgan fingerprint density at radius 1 is 1.33 bits per heavy atom. The fraction of sp³-hybridized carbons (Fsp3) is 0.357. The van der Waals surface area contributed by atoms with E-state index in [9.17, 15) is 8.42 Å². The van der Waals surface area contributed by atoms with Crippen LogP contribution in [0.1, 0.15) is 25.8 Å². The van der Waals surface area contributed by atoms with Crippen LogP contribution in [0.25, 0.3) is 0 Å². The number of rotatable bonds is 6. The lowest BCUT2D eigenvalue weighted by Gasteiger charge is -2.27. The van der Waals surface area contributed by atoms with Crippen molar-refractivity contribution in [2.24, 2.45) is 0 Å². The molecule has 0 spiro atoms. The van der Waals surface area contributed by atoms with Gasteiger partial charge in [0.1, 0.15) is 10.7 Å². The van der Waals surface area contributed by atoms with Gasteiger partial charge >= 0.3 is 0 Å². The first-order chi connectivity index (χ1) is 9.96. The van der Waals surface area contributed by atoms with Crippen LogP contribution in [-0.2, 0) is 16.6 Å². The maximum absolute atomic E-state index is 12.8. The highest BCUT2D eigenvalue weighted by Crippen LogP contribution is 2.24. The molecule has 1 aromatic heterocycles. The largest absolute Gasteiger partial charge is 0.383 e. The van der Waals surface area contributed by atoms with Crippen LogP contribution in [0.3, 0.4) is 0 Å². The molecule has 0 amide bonds. The molecule has 3 N–H and O–H groups in total. The minimum atomic E-state index is -3.68. The summed E-state index contributed by atoms with van der Waals surface area (Å²) >= 11 is 0. The molecule has 2 aromatic rings. The molecule has 0 aliphatic rings. The van der Waals surface area contributed by atoms with Gasteiger partial charge in [-0.25, -0.2) is 8.42 Å². The molecule has 1 aromatic carbocycles. The summed E-state index contributed by atoms with van der Waals surface area (Å²) in [5.74, 6) is 0.0661. The Bertz CT molecular complexity index is 682. The molecule has 0 aliphatic carbocycles. The predicted octanol–water partition coefficient (Wildman–Crippen LogP) is 1.98. The third-order valence-corrected chi connectivity index (χ3v) is 5.47. The number of H-pyrrole nitrogens is 1. The first-order valence-electron chi connectivity index (χ1n) is 6.81. The maximum atomic E-state index is 12.8. The zero-order chi connectivity index (χ0) is 15.5. The van der Waals surface area contributed by atoms with Crippen molar-refractivity contribution in [2.45, 2.75) is 37.8 Å². The van der Waals surface area contributed by atoms with Crippen molar-refractivity contribution in [2.75, 3.05) is 5.73 Å². The number of aromatic amines is 1. The van der Waals surface area contributed by atoms with Gasteiger partial charge in [0.2, 0.25) is 10.0 Å². The highest BCUT2D eigenvalue weighted by molar-refractivity contribution is 7.89. The third-order valence-electron chi connectivity index (χ3n) is 3.48. The van der Waals surface area contributed by atoms with Crippen LogP contribution in [0.15, 0.2) is 41.4 Å². The van der Waals surface area contributed by atoms with Crippen molar-refractivity contribution in [3.63, 3.8) is 0 Å². The van der Waals surface area contributed by atoms with Gasteiger partial charge in [0, 0.05) is 12.6 Å². The van der Waals surface area contributed by atoms with Gasteiger partial charge in [0.15, 0.2) is 0 Å². The third kappa shape index (κ3) is 3.25. The molecule has 1 atom stereocenters. The Morgan fingerprint density at radius 3 is 2.52 bits per heavy atom. The van der Waals surface area contributed by atoms with Gasteiger partial charge in [-0.15, -0.1) is 0 Å². The number of nitrogen functional groups attached to an aromatic ring is 1. The average molecular weight is 308 g/mol. The lowest BCUT2D eigenvalue weighted by atomic mass is 10.2. The number of sulfonamides is 1. The van der Waals surface area contributed by atoms with Gasteiger partial charge in [-0.2, -0.15) is 9.40 Å². The summed E-state index contributed by atoms with van der Waals surface area (Å²) in [4.78, 5) is 0.0266. The summed E-state index contributed by atoms with van der Waals surface area (Å²) in [6.07, 6.45) is 1.97. The van der Waals surface area contributed by atoms with E-state index >= 15 is 0 Å². The summed E-state index contributed by atoms with van der Waals surface area (Å²) in [6, 6.07) is 9.36. The van der Waals surface area contributed by atoms with Gasteiger partial charge in [-0.05, 0) is 18.9 Å². The first kappa shape index (κ1) is 15.5. The summed E-state index contributed by atoms with van der Waals surface area (Å²) in [7, 11) is -3.68. The lowest BCUT2D eigenvalue weighted by Crippen LogP contribution is -2.37. The molecule has 0 radical (unpaired) electrons. The van der Waals surface area contributed by atoms with Crippen LogP contribution in [0, 0.1) is 0 Å². The van der Waals surface area contributed by atoms with E-state index < -0.39 is 10.0 Å². The highest BCUT2D eigenvalue weighted by Gasteiger charge is 2.31. The Hall–Kier alpha value is -1.86. The molecule has 1 heterocycles. The zero-order valence-corrected chi connectivity index (χ0v) is 13.0. The Kier molecular flexibility index (Phi) is 4.64. The van der Waals surface area contributed by atoms with E-state index in [1.54, 1.807) is 0 Å². The smallest absolute Gasteiger partial charge is 0.248 e. The standard InChI is InChI=1S/C14H20N4O2S/c1-3-11(2)18(10-12-7-5-4-6-8-12)21(19,20)13-9-16-17-14(13)15/h4-9,11H,3,10H2,1-2H3,(H3,15,16,17). The van der Waals surface area contributed by atoms with Gasteiger partial charge in [-0.3, -0.25) is 5.10 Å². The van der Waals surface area contributed by atoms with Crippen LogP contribution in [0.5, 0.6) is 0 Å². The summed E-state index contributed by atoms with van der Waals surface area (Å²) in [6.45, 7) is 4.15. The minimum absolute atomic E-state index is 0.0266. The molecule has 6 nitrogen and oxygen atoms in total. The van der Waals surface area contributed by atoms with Crippen molar-refractivity contribution < 1.29 is 8.42 Å². The van der Waals surface area contributed by atoms with E-state index in [0.29, 0.717) is 13.0 Å². The number of aromatic nitrogens is 2. The maximum Gasteiger partial charge on any atom is 0.248 e. The summed E-state index contributed by atoms with van der Waals surface area (Å²) < 4.78 is 27.1. The molecule has 2 rings (SSSR count). The molecule has 0 saturated heterocycles. The van der Waals surface area contributed by atoms with Crippen molar-refractivity contribution in [3.05, 3.63) is 42.1 Å². The van der Waals surface area contributed by atoms with E-state index in [2.05, 4.69) is 10.2 Å². The van der Waals surface area contributed by atoms with E-state index in [4.69, 9.17) is 5.73 Å². The minimum Gasteiger partial charge on any atom is -0.383 e. The van der Waals surface area contributed by atoms with Gasteiger partial charge in [0.05, 0.1) is 6.20 Å². The molecule has 0 saturated carbocycles. The summed E-state index contributed by atoms with van der Waals surface area (Å²) in [5.41, 5.74) is 6.61. The number of anilines is 1. The van der Waals surface area contributed by atoms with Gasteiger partial charge in [-0.1, -0.05) is 37.3 Å². The average Bonchev–Trinajstić information content (AvgIpc) is 2.92. The van der Waals surface area contributed by atoms with Crippen LogP contribution in [0.2, 0.25) is 0 Å². The summed E-state index contributed by atoms with van der Waals surface area (Å²) in [5, 5.41) is 6.18. The number of nitrogens with one attached hydrogen (secondary N) is 1. The van der Waals surface area contributed by atoms with Crippen molar-refractivity contribution in [1.82, 2.24) is 14.5 Å². The number of benzene rings is 1. The number of hydrogen-bond donors (Lipinski definition) is 2. The van der Waals surface area contributed by atoms with Crippen molar-refractivity contribution >= 4 is 15.8 Å². The van der Waals surface area contributed by atoms with E-state index in [1.165, 1.54) is 10.5 Å². The topological polar surface area (TPSA) is 92.1 Å². The van der Waals surface area contributed by atoms with Crippen LogP contribution < -0.4 is 5.73 Å². The van der Waals surface area contributed by atoms with E-state index in [-0.39, 0.29) is 16.8 Å². The molecule has 7 heteroatoms. The number of nitrogens with two attached hydrogens (primary N) is 1. The quantitative estimate of drug-likeness (QED) is 0.853. The van der Waals surface area contributed by atoms with Crippen LogP contribution >= 0.6 is 0 Å². The molecule has 0 bridgehead atoms. The monoisotopic (exact) mass is 308 g/mol. The molecule has 0 fully saturated rings. The van der Waals surface area contributed by atoms with Crippen LogP contribution in [0.4, 0.5) is 5.82 Å². The normalized spacial score (nSPS) is 13.5. The second-order valence-electron chi connectivity index (χ2n) is 4.94. The van der Waals surface area contributed by atoms with Gasteiger partial charge < -0.3 is 5.73 Å². The molecule has 1 unspecified atom stereocenters. The van der Waals surface area contributed by atoms with Crippen LogP contribution in [-0.4, -0.2) is 29.0 Å². The highest BCUT2D eigenvalue weighted by atomic mass is 32.2. The molecule has 114 valence electrons. The zero-order valence-electron chi connectivity index (χ0n) is 12.2. The Labute approximate surface area is 125 Å². The fourth-order valence-electron chi connectivity index (χ4n) is 2.06.